The molecule has 4 nitrogen and oxygen atoms in total. The molecule has 0 aromatic heterocycles. The van der Waals surface area contributed by atoms with E-state index in [-0.39, 0.29) is 0 Å². The first-order chi connectivity index (χ1) is 7.70. The van der Waals surface area contributed by atoms with Crippen molar-refractivity contribution in [3.05, 3.63) is 42.5 Å². The molecule has 16 heavy (non-hydrogen) atoms. The second kappa shape index (κ2) is 6.63. The van der Waals surface area contributed by atoms with Gasteiger partial charge in [0.15, 0.2) is 0 Å². The smallest absolute Gasteiger partial charge is 0.312 e. The van der Waals surface area contributed by atoms with Crippen LogP contribution in [-0.4, -0.2) is 25.7 Å². The van der Waals surface area contributed by atoms with Crippen LogP contribution in [-0.2, 0) is 0 Å². The van der Waals surface area contributed by atoms with Crippen molar-refractivity contribution in [2.75, 3.05) is 19.6 Å². The maximum Gasteiger partial charge on any atom is 0.312 e. The highest BCUT2D eigenvalue weighted by Gasteiger charge is 1.97. The lowest BCUT2D eigenvalue weighted by molar-refractivity contribution is 0.249. The summed E-state index contributed by atoms with van der Waals surface area (Å²) in [5.41, 5.74) is 7.08. The van der Waals surface area contributed by atoms with Crippen molar-refractivity contribution in [3.8, 4) is 0 Å². The number of urea groups is 1. The van der Waals surface area contributed by atoms with E-state index in [1.807, 2.05) is 30.3 Å². The summed E-state index contributed by atoms with van der Waals surface area (Å²) >= 11 is 0. The summed E-state index contributed by atoms with van der Waals surface area (Å²) < 4.78 is 0. The van der Waals surface area contributed by atoms with E-state index in [1.165, 1.54) is 0 Å². The molecule has 0 saturated heterocycles. The topological polar surface area (TPSA) is 67.2 Å². The van der Waals surface area contributed by atoms with Crippen LogP contribution in [0.15, 0.2) is 36.9 Å². The van der Waals surface area contributed by atoms with Gasteiger partial charge in [0.25, 0.3) is 0 Å². The lowest BCUT2D eigenvalue weighted by Crippen LogP contribution is -2.35. The van der Waals surface area contributed by atoms with Crippen molar-refractivity contribution in [1.29, 1.82) is 0 Å². The number of amides is 2. The van der Waals surface area contributed by atoms with Crippen molar-refractivity contribution in [1.82, 2.24) is 10.6 Å². The molecule has 1 aromatic rings. The monoisotopic (exact) mass is 219 g/mol. The largest absolute Gasteiger partial charge is 0.352 e. The molecule has 0 unspecified atom stereocenters. The molecule has 0 atom stereocenters. The number of primary amides is 1. The number of carbonyl (C=O) groups is 1. The van der Waals surface area contributed by atoms with Crippen LogP contribution in [0.25, 0.3) is 5.57 Å². The summed E-state index contributed by atoms with van der Waals surface area (Å²) in [6, 6.07) is 9.48. The van der Waals surface area contributed by atoms with E-state index in [0.717, 1.165) is 11.1 Å². The highest BCUT2D eigenvalue weighted by atomic mass is 16.2. The van der Waals surface area contributed by atoms with Gasteiger partial charge in [0, 0.05) is 19.6 Å². The molecule has 0 saturated carbocycles. The highest BCUT2D eigenvalue weighted by Crippen LogP contribution is 2.09. The molecule has 0 aliphatic rings. The van der Waals surface area contributed by atoms with Gasteiger partial charge in [-0.25, -0.2) is 4.79 Å². The van der Waals surface area contributed by atoms with Crippen LogP contribution < -0.4 is 16.4 Å². The second-order valence-electron chi connectivity index (χ2n) is 3.44. The molecule has 1 aromatic carbocycles. The Balaban J connectivity index is 2.19. The fourth-order valence-electron chi connectivity index (χ4n) is 1.29. The van der Waals surface area contributed by atoms with Gasteiger partial charge in [0.1, 0.15) is 0 Å². The molecule has 4 heteroatoms. The van der Waals surface area contributed by atoms with E-state index in [0.29, 0.717) is 19.6 Å². The van der Waals surface area contributed by atoms with Crippen molar-refractivity contribution >= 4 is 11.6 Å². The Morgan fingerprint density at radius 2 is 1.94 bits per heavy atom. The Morgan fingerprint density at radius 3 is 2.56 bits per heavy atom. The predicted octanol–water partition coefficient (Wildman–Crippen LogP) is 0.958. The lowest BCUT2D eigenvalue weighted by atomic mass is 10.1. The Kier molecular flexibility index (Phi) is 5.08. The molecule has 0 heterocycles. The summed E-state index contributed by atoms with van der Waals surface area (Å²) in [6.45, 7) is 5.88. The molecule has 0 fully saturated rings. The third-order valence-corrected chi connectivity index (χ3v) is 2.12. The van der Waals surface area contributed by atoms with E-state index in [2.05, 4.69) is 17.2 Å². The first-order valence-corrected chi connectivity index (χ1v) is 5.17. The SMILES string of the molecule is C=C(CNCCNC(N)=O)c1ccccc1. The zero-order valence-corrected chi connectivity index (χ0v) is 9.20. The van der Waals surface area contributed by atoms with E-state index in [1.54, 1.807) is 0 Å². The Hall–Kier alpha value is -1.81. The number of hydrogen-bond donors (Lipinski definition) is 3. The minimum atomic E-state index is -0.497. The number of nitrogens with one attached hydrogen (secondary N) is 2. The van der Waals surface area contributed by atoms with Gasteiger partial charge in [-0.15, -0.1) is 0 Å². The van der Waals surface area contributed by atoms with Crippen LogP contribution in [0.1, 0.15) is 5.56 Å². The molecular weight excluding hydrogens is 202 g/mol. The van der Waals surface area contributed by atoms with E-state index < -0.39 is 6.03 Å². The molecule has 2 amide bonds. The maximum absolute atomic E-state index is 10.4. The van der Waals surface area contributed by atoms with Gasteiger partial charge in [0.05, 0.1) is 0 Å². The van der Waals surface area contributed by atoms with Gasteiger partial charge < -0.3 is 16.4 Å². The van der Waals surface area contributed by atoms with Crippen molar-refractivity contribution in [2.45, 2.75) is 0 Å². The molecule has 0 aliphatic heterocycles. The predicted molar refractivity (Wildman–Crippen MR) is 65.9 cm³/mol. The minimum absolute atomic E-state index is 0.497. The molecule has 86 valence electrons. The quantitative estimate of drug-likeness (QED) is 0.624. The van der Waals surface area contributed by atoms with Gasteiger partial charge in [-0.1, -0.05) is 36.9 Å². The van der Waals surface area contributed by atoms with Gasteiger partial charge in [0.2, 0.25) is 0 Å². The number of hydrogen-bond acceptors (Lipinski definition) is 2. The fourth-order valence-corrected chi connectivity index (χ4v) is 1.29. The third kappa shape index (κ3) is 4.61. The molecular formula is C12H17N3O. The molecule has 0 radical (unpaired) electrons. The highest BCUT2D eigenvalue weighted by molar-refractivity contribution is 5.71. The first kappa shape index (κ1) is 12.3. The molecule has 1 rings (SSSR count). The van der Waals surface area contributed by atoms with E-state index in [9.17, 15) is 4.79 Å². The lowest BCUT2D eigenvalue weighted by Gasteiger charge is -2.08. The summed E-state index contributed by atoms with van der Waals surface area (Å²) in [5.74, 6) is 0. The van der Waals surface area contributed by atoms with E-state index in [4.69, 9.17) is 5.73 Å². The summed E-state index contributed by atoms with van der Waals surface area (Å²) in [5, 5.41) is 5.67. The maximum atomic E-state index is 10.4. The number of nitrogens with two attached hydrogens (primary N) is 1. The third-order valence-electron chi connectivity index (χ3n) is 2.12. The van der Waals surface area contributed by atoms with Crippen LogP contribution >= 0.6 is 0 Å². The van der Waals surface area contributed by atoms with Crippen LogP contribution in [0.5, 0.6) is 0 Å². The van der Waals surface area contributed by atoms with Crippen LogP contribution in [0.3, 0.4) is 0 Å². The van der Waals surface area contributed by atoms with Crippen molar-refractivity contribution in [3.63, 3.8) is 0 Å². The molecule has 4 N–H and O–H groups in total. The standard InChI is InChI=1S/C12H17N3O/c1-10(11-5-3-2-4-6-11)9-14-7-8-15-12(13)16/h2-6,14H,1,7-9H2,(H3,13,15,16). The van der Waals surface area contributed by atoms with Gasteiger partial charge in [-0.2, -0.15) is 0 Å². The summed E-state index contributed by atoms with van der Waals surface area (Å²) in [6.07, 6.45) is 0. The zero-order valence-electron chi connectivity index (χ0n) is 9.20. The fraction of sp³-hybridized carbons (Fsp3) is 0.250. The number of benzene rings is 1. The number of rotatable bonds is 6. The first-order valence-electron chi connectivity index (χ1n) is 5.17. The number of carbonyl (C=O) groups excluding carboxylic acids is 1. The zero-order chi connectivity index (χ0) is 11.8. The van der Waals surface area contributed by atoms with Crippen molar-refractivity contribution < 1.29 is 4.79 Å². The molecule has 0 spiro atoms. The van der Waals surface area contributed by atoms with Crippen LogP contribution in [0.2, 0.25) is 0 Å². The molecule has 0 aliphatic carbocycles. The van der Waals surface area contributed by atoms with E-state index >= 15 is 0 Å². The average Bonchev–Trinajstić information content (AvgIpc) is 2.29. The second-order valence-corrected chi connectivity index (χ2v) is 3.44. The van der Waals surface area contributed by atoms with Crippen molar-refractivity contribution in [2.24, 2.45) is 5.73 Å². The summed E-state index contributed by atoms with van der Waals surface area (Å²) in [7, 11) is 0. The average molecular weight is 219 g/mol. The Labute approximate surface area is 95.5 Å². The van der Waals surface area contributed by atoms with Crippen LogP contribution in [0.4, 0.5) is 4.79 Å². The molecule has 0 bridgehead atoms. The minimum Gasteiger partial charge on any atom is -0.352 e. The summed E-state index contributed by atoms with van der Waals surface area (Å²) in [4.78, 5) is 10.4. The van der Waals surface area contributed by atoms with Gasteiger partial charge >= 0.3 is 6.03 Å². The Bertz CT molecular complexity index is 349. The van der Waals surface area contributed by atoms with Gasteiger partial charge in [-0.05, 0) is 11.1 Å². The van der Waals surface area contributed by atoms with Crippen LogP contribution in [0, 0.1) is 0 Å². The normalized spacial score (nSPS) is 9.75. The van der Waals surface area contributed by atoms with Gasteiger partial charge in [-0.3, -0.25) is 0 Å². The Morgan fingerprint density at radius 1 is 1.25 bits per heavy atom.